The number of carbonyl (C=O) groups is 1. The van der Waals surface area contributed by atoms with E-state index < -0.39 is 10.0 Å². The first kappa shape index (κ1) is 19.4. The van der Waals surface area contributed by atoms with Crippen LogP contribution in [-0.2, 0) is 10.0 Å². The first-order valence-electron chi connectivity index (χ1n) is 9.14. The Morgan fingerprint density at radius 3 is 2.52 bits per heavy atom. The van der Waals surface area contributed by atoms with E-state index in [2.05, 4.69) is 5.32 Å². The molecule has 144 valence electrons. The maximum absolute atomic E-state index is 12.6. The Morgan fingerprint density at radius 2 is 1.78 bits per heavy atom. The van der Waals surface area contributed by atoms with Gasteiger partial charge >= 0.3 is 0 Å². The fourth-order valence-corrected chi connectivity index (χ4v) is 4.52. The monoisotopic (exact) mass is 388 g/mol. The summed E-state index contributed by atoms with van der Waals surface area (Å²) in [5.41, 5.74) is 0.347. The molecule has 1 aliphatic rings. The topological polar surface area (TPSA) is 75.7 Å². The number of benzene rings is 2. The van der Waals surface area contributed by atoms with Gasteiger partial charge in [-0.05, 0) is 49.6 Å². The third-order valence-corrected chi connectivity index (χ3v) is 6.31. The Balaban J connectivity index is 1.51. The van der Waals surface area contributed by atoms with Gasteiger partial charge in [-0.2, -0.15) is 4.31 Å². The second-order valence-corrected chi connectivity index (χ2v) is 8.35. The van der Waals surface area contributed by atoms with Gasteiger partial charge in [0.1, 0.15) is 5.75 Å². The highest BCUT2D eigenvalue weighted by Gasteiger charge is 2.27. The van der Waals surface area contributed by atoms with Crippen molar-refractivity contribution < 1.29 is 17.9 Å². The van der Waals surface area contributed by atoms with Crippen LogP contribution in [0.1, 0.15) is 29.6 Å². The summed E-state index contributed by atoms with van der Waals surface area (Å²) >= 11 is 0. The number of hydrogen-bond acceptors (Lipinski definition) is 4. The first-order chi connectivity index (χ1) is 13.1. The molecular formula is C20H24N2O4S. The molecule has 27 heavy (non-hydrogen) atoms. The van der Waals surface area contributed by atoms with Crippen LogP contribution in [0.25, 0.3) is 0 Å². The molecule has 1 heterocycles. The summed E-state index contributed by atoms with van der Waals surface area (Å²) in [4.78, 5) is 12.5. The van der Waals surface area contributed by atoms with E-state index >= 15 is 0 Å². The minimum Gasteiger partial charge on any atom is -0.494 e. The molecule has 1 N–H and O–H groups in total. The zero-order chi connectivity index (χ0) is 19.1. The van der Waals surface area contributed by atoms with Crippen molar-refractivity contribution in [2.45, 2.75) is 24.2 Å². The standard InChI is InChI=1S/C20H24N2O4S/c23-20(21-12-7-15-26-18-9-2-1-3-10-18)17-8-6-11-19(16-17)27(24,25)22-13-4-5-14-22/h1-3,6,8-11,16H,4-5,7,12-15H2,(H,21,23). The maximum atomic E-state index is 12.6. The van der Waals surface area contributed by atoms with Crippen LogP contribution in [0, 0.1) is 0 Å². The molecule has 0 aliphatic carbocycles. The van der Waals surface area contributed by atoms with Gasteiger partial charge in [0, 0.05) is 25.2 Å². The molecule has 6 nitrogen and oxygen atoms in total. The highest BCUT2D eigenvalue weighted by atomic mass is 32.2. The van der Waals surface area contributed by atoms with E-state index in [-0.39, 0.29) is 10.8 Å². The van der Waals surface area contributed by atoms with Gasteiger partial charge in [0.2, 0.25) is 10.0 Å². The lowest BCUT2D eigenvalue weighted by Crippen LogP contribution is -2.29. The average molecular weight is 388 g/mol. The van der Waals surface area contributed by atoms with Gasteiger partial charge < -0.3 is 10.1 Å². The predicted octanol–water partition coefficient (Wildman–Crippen LogP) is 2.67. The molecule has 7 heteroatoms. The summed E-state index contributed by atoms with van der Waals surface area (Å²) in [6.07, 6.45) is 2.42. The maximum Gasteiger partial charge on any atom is 0.251 e. The van der Waals surface area contributed by atoms with Gasteiger partial charge in [0.25, 0.3) is 5.91 Å². The van der Waals surface area contributed by atoms with E-state index in [0.717, 1.165) is 18.6 Å². The lowest BCUT2D eigenvalue weighted by atomic mass is 10.2. The number of rotatable bonds is 8. The predicted molar refractivity (Wildman–Crippen MR) is 103 cm³/mol. The highest BCUT2D eigenvalue weighted by molar-refractivity contribution is 7.89. The van der Waals surface area contributed by atoms with Crippen molar-refractivity contribution in [2.75, 3.05) is 26.2 Å². The number of ether oxygens (including phenoxy) is 1. The number of sulfonamides is 1. The van der Waals surface area contributed by atoms with Crippen molar-refractivity contribution in [1.82, 2.24) is 9.62 Å². The molecule has 0 saturated carbocycles. The number of amides is 1. The van der Waals surface area contributed by atoms with E-state index in [1.165, 1.54) is 16.4 Å². The zero-order valence-electron chi connectivity index (χ0n) is 15.1. The Kier molecular flexibility index (Phi) is 6.47. The quantitative estimate of drug-likeness (QED) is 0.706. The van der Waals surface area contributed by atoms with Gasteiger partial charge in [-0.25, -0.2) is 8.42 Å². The molecule has 0 aromatic heterocycles. The molecule has 2 aromatic carbocycles. The summed E-state index contributed by atoms with van der Waals surface area (Å²) in [6, 6.07) is 15.7. The van der Waals surface area contributed by atoms with Crippen LogP contribution in [-0.4, -0.2) is 44.9 Å². The van der Waals surface area contributed by atoms with E-state index in [1.807, 2.05) is 30.3 Å². The van der Waals surface area contributed by atoms with Gasteiger partial charge in [-0.1, -0.05) is 24.3 Å². The van der Waals surface area contributed by atoms with Gasteiger partial charge in [0.15, 0.2) is 0 Å². The number of para-hydroxylation sites is 1. The molecule has 0 spiro atoms. The minimum atomic E-state index is -3.52. The highest BCUT2D eigenvalue weighted by Crippen LogP contribution is 2.21. The fraction of sp³-hybridized carbons (Fsp3) is 0.350. The van der Waals surface area contributed by atoms with Crippen molar-refractivity contribution in [3.05, 3.63) is 60.2 Å². The Labute approximate surface area is 160 Å². The summed E-state index contributed by atoms with van der Waals surface area (Å²) in [7, 11) is -3.52. The van der Waals surface area contributed by atoms with Gasteiger partial charge in [-0.15, -0.1) is 0 Å². The van der Waals surface area contributed by atoms with Crippen molar-refractivity contribution in [1.29, 1.82) is 0 Å². The van der Waals surface area contributed by atoms with Crippen molar-refractivity contribution in [2.24, 2.45) is 0 Å². The van der Waals surface area contributed by atoms with Crippen LogP contribution in [0.15, 0.2) is 59.5 Å². The SMILES string of the molecule is O=C(NCCCOc1ccccc1)c1cccc(S(=O)(=O)N2CCCC2)c1. The van der Waals surface area contributed by atoms with E-state index in [4.69, 9.17) is 4.74 Å². The first-order valence-corrected chi connectivity index (χ1v) is 10.6. The van der Waals surface area contributed by atoms with E-state index in [0.29, 0.717) is 38.2 Å². The lowest BCUT2D eigenvalue weighted by molar-refractivity contribution is 0.0951. The summed E-state index contributed by atoms with van der Waals surface area (Å²) in [5, 5.41) is 2.81. The third-order valence-electron chi connectivity index (χ3n) is 4.42. The fourth-order valence-electron chi connectivity index (χ4n) is 2.96. The third kappa shape index (κ3) is 5.08. The van der Waals surface area contributed by atoms with Gasteiger partial charge in [-0.3, -0.25) is 4.79 Å². The molecule has 0 atom stereocenters. The molecule has 2 aromatic rings. The molecule has 3 rings (SSSR count). The lowest BCUT2D eigenvalue weighted by Gasteiger charge is -2.16. The summed E-state index contributed by atoms with van der Waals surface area (Å²) in [6.45, 7) is 2.03. The number of carbonyl (C=O) groups excluding carboxylic acids is 1. The van der Waals surface area contributed by atoms with Crippen molar-refractivity contribution >= 4 is 15.9 Å². The Hall–Kier alpha value is -2.38. The Morgan fingerprint density at radius 1 is 1.04 bits per heavy atom. The molecule has 1 fully saturated rings. The second-order valence-electron chi connectivity index (χ2n) is 6.41. The van der Waals surface area contributed by atoms with Gasteiger partial charge in [0.05, 0.1) is 11.5 Å². The number of hydrogen-bond donors (Lipinski definition) is 1. The summed E-state index contributed by atoms with van der Waals surface area (Å²) in [5.74, 6) is 0.511. The molecule has 1 aliphatic heterocycles. The molecule has 1 amide bonds. The van der Waals surface area contributed by atoms with Crippen LogP contribution in [0.4, 0.5) is 0 Å². The largest absolute Gasteiger partial charge is 0.494 e. The van der Waals surface area contributed by atoms with E-state index in [9.17, 15) is 13.2 Å². The average Bonchev–Trinajstić information content (AvgIpc) is 3.24. The van der Waals surface area contributed by atoms with Crippen LogP contribution >= 0.6 is 0 Å². The van der Waals surface area contributed by atoms with Crippen LogP contribution in [0.3, 0.4) is 0 Å². The minimum absolute atomic E-state index is 0.171. The Bertz CT molecular complexity index is 863. The number of nitrogens with one attached hydrogen (secondary N) is 1. The van der Waals surface area contributed by atoms with E-state index in [1.54, 1.807) is 12.1 Å². The van der Waals surface area contributed by atoms with Crippen molar-refractivity contribution in [3.8, 4) is 5.75 Å². The molecule has 1 saturated heterocycles. The van der Waals surface area contributed by atoms with Crippen LogP contribution in [0.5, 0.6) is 5.75 Å². The van der Waals surface area contributed by atoms with Crippen molar-refractivity contribution in [3.63, 3.8) is 0 Å². The van der Waals surface area contributed by atoms with Crippen LogP contribution in [0.2, 0.25) is 0 Å². The molecule has 0 unspecified atom stereocenters. The molecule has 0 bridgehead atoms. The van der Waals surface area contributed by atoms with Crippen LogP contribution < -0.4 is 10.1 Å². The summed E-state index contributed by atoms with van der Waals surface area (Å²) < 4.78 is 32.3. The zero-order valence-corrected chi connectivity index (χ0v) is 16.0. The number of nitrogens with zero attached hydrogens (tertiary/aromatic N) is 1. The smallest absolute Gasteiger partial charge is 0.251 e. The normalized spacial score (nSPS) is 14.8. The molecular weight excluding hydrogens is 364 g/mol. The molecule has 0 radical (unpaired) electrons. The second kappa shape index (κ2) is 9.01.